The van der Waals surface area contributed by atoms with Gasteiger partial charge in [-0.2, -0.15) is 5.10 Å². The Morgan fingerprint density at radius 1 is 1.71 bits per heavy atom. The van der Waals surface area contributed by atoms with E-state index in [2.05, 4.69) is 34.0 Å². The molecule has 1 aromatic heterocycles. The monoisotopic (exact) mass is 212 g/mol. The molecule has 78 valence electrons. The van der Waals surface area contributed by atoms with Crippen LogP contribution in [0.2, 0.25) is 0 Å². The highest BCUT2D eigenvalue weighted by Crippen LogP contribution is 2.13. The maximum atomic E-state index is 4.02. The van der Waals surface area contributed by atoms with E-state index in [0.29, 0.717) is 0 Å². The molecular weight excluding hydrogens is 196 g/mol. The molecule has 2 N–H and O–H groups in total. The lowest BCUT2D eigenvalue weighted by atomic mass is 10.3. The van der Waals surface area contributed by atoms with Crippen LogP contribution in [-0.4, -0.2) is 34.0 Å². The summed E-state index contributed by atoms with van der Waals surface area (Å²) in [5, 5.41) is 10.7. The van der Waals surface area contributed by atoms with Gasteiger partial charge in [0.2, 0.25) is 0 Å². The van der Waals surface area contributed by atoms with Crippen LogP contribution in [0.25, 0.3) is 0 Å². The van der Waals surface area contributed by atoms with Gasteiger partial charge in [-0.3, -0.25) is 5.10 Å². The van der Waals surface area contributed by atoms with Crippen LogP contribution in [0.5, 0.6) is 0 Å². The Labute approximate surface area is 88.6 Å². The molecule has 4 nitrogen and oxygen atoms in total. The van der Waals surface area contributed by atoms with E-state index in [9.17, 15) is 0 Å². The number of H-pyrrole nitrogens is 1. The zero-order valence-corrected chi connectivity index (χ0v) is 9.23. The third kappa shape index (κ3) is 4.43. The van der Waals surface area contributed by atoms with Crippen LogP contribution in [0.4, 0.5) is 0 Å². The van der Waals surface area contributed by atoms with Crippen LogP contribution < -0.4 is 5.32 Å². The lowest BCUT2D eigenvalue weighted by Crippen LogP contribution is -2.18. The Morgan fingerprint density at radius 3 is 3.21 bits per heavy atom. The van der Waals surface area contributed by atoms with Crippen molar-refractivity contribution in [1.29, 1.82) is 0 Å². The second-order valence-electron chi connectivity index (χ2n) is 3.01. The summed E-state index contributed by atoms with van der Waals surface area (Å²) in [5.74, 6) is 0.881. The SMILES string of the molecule is C=C(CNCCC)CSc1ncn[nH]1. The van der Waals surface area contributed by atoms with Gasteiger partial charge in [0.15, 0.2) is 5.16 Å². The van der Waals surface area contributed by atoms with Crippen LogP contribution in [0, 0.1) is 0 Å². The van der Waals surface area contributed by atoms with Crippen molar-refractivity contribution in [2.75, 3.05) is 18.8 Å². The number of nitrogens with one attached hydrogen (secondary N) is 2. The van der Waals surface area contributed by atoms with E-state index < -0.39 is 0 Å². The molecule has 0 radical (unpaired) electrons. The van der Waals surface area contributed by atoms with Crippen LogP contribution in [-0.2, 0) is 0 Å². The Balaban J connectivity index is 2.09. The average molecular weight is 212 g/mol. The molecule has 1 heterocycles. The van der Waals surface area contributed by atoms with Gasteiger partial charge in [-0.25, -0.2) is 4.98 Å². The van der Waals surface area contributed by atoms with Gasteiger partial charge in [0, 0.05) is 12.3 Å². The third-order valence-corrected chi connectivity index (χ3v) is 2.63. The van der Waals surface area contributed by atoms with Gasteiger partial charge in [0.1, 0.15) is 6.33 Å². The molecule has 0 aliphatic carbocycles. The van der Waals surface area contributed by atoms with Gasteiger partial charge in [-0.1, -0.05) is 30.8 Å². The number of hydrogen-bond acceptors (Lipinski definition) is 4. The molecule has 0 atom stereocenters. The lowest BCUT2D eigenvalue weighted by molar-refractivity contribution is 0.716. The molecule has 14 heavy (non-hydrogen) atoms. The summed E-state index contributed by atoms with van der Waals surface area (Å²) >= 11 is 1.62. The molecular formula is C9H16N4S. The maximum Gasteiger partial charge on any atom is 0.183 e. The van der Waals surface area contributed by atoms with Crippen molar-refractivity contribution in [3.8, 4) is 0 Å². The smallest absolute Gasteiger partial charge is 0.183 e. The summed E-state index contributed by atoms with van der Waals surface area (Å²) in [6, 6.07) is 0. The second kappa shape index (κ2) is 6.62. The first-order valence-corrected chi connectivity index (χ1v) is 5.67. The minimum Gasteiger partial charge on any atom is -0.313 e. The van der Waals surface area contributed by atoms with Crippen molar-refractivity contribution >= 4 is 11.8 Å². The minimum absolute atomic E-state index is 0.849. The van der Waals surface area contributed by atoms with Crippen LogP contribution >= 0.6 is 11.8 Å². The van der Waals surface area contributed by atoms with Gasteiger partial charge in [-0.15, -0.1) is 0 Å². The molecule has 0 spiro atoms. The summed E-state index contributed by atoms with van der Waals surface area (Å²) in [7, 11) is 0. The zero-order chi connectivity index (χ0) is 10.2. The van der Waals surface area contributed by atoms with E-state index in [-0.39, 0.29) is 0 Å². The highest BCUT2D eigenvalue weighted by Gasteiger charge is 1.98. The van der Waals surface area contributed by atoms with Crippen LogP contribution in [0.3, 0.4) is 0 Å². The van der Waals surface area contributed by atoms with Gasteiger partial charge in [0.25, 0.3) is 0 Å². The highest BCUT2D eigenvalue weighted by atomic mass is 32.2. The Bertz CT molecular complexity index is 258. The third-order valence-electron chi connectivity index (χ3n) is 1.61. The van der Waals surface area contributed by atoms with Gasteiger partial charge < -0.3 is 5.32 Å². The molecule has 0 amide bonds. The molecule has 1 rings (SSSR count). The molecule has 0 aliphatic heterocycles. The van der Waals surface area contributed by atoms with Crippen molar-refractivity contribution in [1.82, 2.24) is 20.5 Å². The molecule has 5 heteroatoms. The van der Waals surface area contributed by atoms with E-state index in [0.717, 1.165) is 30.4 Å². The van der Waals surface area contributed by atoms with E-state index in [1.54, 1.807) is 11.8 Å². The second-order valence-corrected chi connectivity index (χ2v) is 3.97. The predicted molar refractivity (Wildman–Crippen MR) is 59.4 cm³/mol. The Morgan fingerprint density at radius 2 is 2.57 bits per heavy atom. The fourth-order valence-electron chi connectivity index (χ4n) is 0.927. The number of hydrogen-bond donors (Lipinski definition) is 2. The Kier molecular flexibility index (Phi) is 5.32. The van der Waals surface area contributed by atoms with Crippen LogP contribution in [0.1, 0.15) is 13.3 Å². The highest BCUT2D eigenvalue weighted by molar-refractivity contribution is 7.99. The fourth-order valence-corrected chi connectivity index (χ4v) is 1.61. The first kappa shape index (κ1) is 11.3. The Hall–Kier alpha value is -0.810. The molecule has 0 unspecified atom stereocenters. The van der Waals surface area contributed by atoms with Crippen molar-refractivity contribution in [2.24, 2.45) is 0 Å². The van der Waals surface area contributed by atoms with Gasteiger partial charge in [-0.05, 0) is 13.0 Å². The summed E-state index contributed by atoms with van der Waals surface area (Å²) in [6.45, 7) is 8.06. The van der Waals surface area contributed by atoms with E-state index in [1.165, 1.54) is 11.9 Å². The molecule has 1 aromatic rings. The van der Waals surface area contributed by atoms with Gasteiger partial charge >= 0.3 is 0 Å². The number of thioether (sulfide) groups is 1. The summed E-state index contributed by atoms with van der Waals surface area (Å²) in [4.78, 5) is 4.02. The van der Waals surface area contributed by atoms with E-state index in [1.807, 2.05) is 0 Å². The van der Waals surface area contributed by atoms with Crippen molar-refractivity contribution in [2.45, 2.75) is 18.5 Å². The molecule has 0 aromatic carbocycles. The number of rotatable bonds is 7. The van der Waals surface area contributed by atoms with Crippen LogP contribution in [0.15, 0.2) is 23.6 Å². The number of nitrogens with zero attached hydrogens (tertiary/aromatic N) is 2. The normalized spacial score (nSPS) is 10.4. The molecule has 0 aliphatic rings. The quantitative estimate of drug-likeness (QED) is 0.408. The first-order valence-electron chi connectivity index (χ1n) is 4.68. The van der Waals surface area contributed by atoms with Crippen molar-refractivity contribution < 1.29 is 0 Å². The van der Waals surface area contributed by atoms with E-state index in [4.69, 9.17) is 0 Å². The summed E-state index contributed by atoms with van der Waals surface area (Å²) < 4.78 is 0. The lowest BCUT2D eigenvalue weighted by Gasteiger charge is -2.04. The standard InChI is InChI=1S/C9H16N4S/c1-3-4-10-5-8(2)6-14-9-11-7-12-13-9/h7,10H,2-6H2,1H3,(H,11,12,13). The predicted octanol–water partition coefficient (Wildman–Crippen LogP) is 1.45. The first-order chi connectivity index (χ1) is 6.83. The largest absolute Gasteiger partial charge is 0.313 e. The maximum absolute atomic E-state index is 4.02. The minimum atomic E-state index is 0.849. The van der Waals surface area contributed by atoms with Crippen molar-refractivity contribution in [3.05, 3.63) is 18.5 Å². The topological polar surface area (TPSA) is 53.6 Å². The number of aromatic amines is 1. The van der Waals surface area contributed by atoms with Crippen molar-refractivity contribution in [3.63, 3.8) is 0 Å². The molecule has 0 bridgehead atoms. The zero-order valence-electron chi connectivity index (χ0n) is 8.42. The number of aromatic nitrogens is 3. The van der Waals surface area contributed by atoms with E-state index >= 15 is 0 Å². The summed E-state index contributed by atoms with van der Waals surface area (Å²) in [6.07, 6.45) is 2.67. The molecule has 0 saturated heterocycles. The molecule has 0 fully saturated rings. The molecule has 0 saturated carbocycles. The average Bonchev–Trinajstić information content (AvgIpc) is 2.68. The van der Waals surface area contributed by atoms with Gasteiger partial charge in [0.05, 0.1) is 0 Å². The summed E-state index contributed by atoms with van der Waals surface area (Å²) in [5.41, 5.74) is 1.18. The fraction of sp³-hybridized carbons (Fsp3) is 0.556.